The number of aliphatic imine (C=N–C) groups is 1. The molecule has 2 saturated carbocycles. The molecule has 2 saturated heterocycles. The quantitative estimate of drug-likeness (QED) is 0.118. The number of fused-ring (bicyclic) bond motifs is 2. The number of nitrogens with one attached hydrogen (secondary N) is 3. The average molecular weight is 626 g/mol. The van der Waals surface area contributed by atoms with Crippen molar-refractivity contribution in [2.24, 2.45) is 28.3 Å². The molecule has 1 aromatic carbocycles. The van der Waals surface area contributed by atoms with Gasteiger partial charge in [-0.3, -0.25) is 9.89 Å². The van der Waals surface area contributed by atoms with Crippen molar-refractivity contribution in [1.82, 2.24) is 30.1 Å². The van der Waals surface area contributed by atoms with Crippen molar-refractivity contribution >= 4 is 33.8 Å². The maximum Gasteiger partial charge on any atom is 0.146 e. The lowest BCUT2D eigenvalue weighted by molar-refractivity contribution is 0.0982. The maximum atomic E-state index is 10.3. The third-order valence-electron chi connectivity index (χ3n) is 10.3. The Bertz CT molecular complexity index is 1590. The first-order chi connectivity index (χ1) is 22.3. The van der Waals surface area contributed by atoms with Crippen molar-refractivity contribution in [3.8, 4) is 0 Å². The Kier molecular flexibility index (Phi) is 8.69. The maximum absolute atomic E-state index is 10.3. The van der Waals surface area contributed by atoms with Crippen molar-refractivity contribution < 1.29 is 5.11 Å². The second-order valence-electron chi connectivity index (χ2n) is 13.4. The normalized spacial score (nSPS) is 25.7. The summed E-state index contributed by atoms with van der Waals surface area (Å²) in [7, 11) is 2.21. The summed E-state index contributed by atoms with van der Waals surface area (Å²) < 4.78 is 0. The molecule has 3 atom stereocenters. The van der Waals surface area contributed by atoms with Crippen LogP contribution in [0.5, 0.6) is 0 Å². The van der Waals surface area contributed by atoms with Crippen LogP contribution < -0.4 is 27.0 Å². The van der Waals surface area contributed by atoms with Gasteiger partial charge in [0.2, 0.25) is 0 Å². The third kappa shape index (κ3) is 6.61. The molecular weight excluding hydrogens is 578 g/mol. The largest absolute Gasteiger partial charge is 0.396 e. The van der Waals surface area contributed by atoms with E-state index >= 15 is 0 Å². The number of nitrogens with zero attached hydrogens (tertiary/aromatic N) is 6. The first-order valence-corrected chi connectivity index (χ1v) is 16.6. The van der Waals surface area contributed by atoms with Gasteiger partial charge < -0.3 is 42.0 Å². The number of aliphatic hydroxyl groups excluding tert-OH is 1. The second-order valence-corrected chi connectivity index (χ2v) is 13.4. The van der Waals surface area contributed by atoms with Crippen LogP contribution in [0.3, 0.4) is 0 Å². The van der Waals surface area contributed by atoms with Crippen molar-refractivity contribution in [3.63, 3.8) is 0 Å². The second kappa shape index (κ2) is 13.0. The standard InChI is InChI=1S/C34H47N11O/c1-21(30-28-7-10-37-33(28)39-20-38-30)32(41-25-18-22-17-23(22)19-25)42-34(29(35)31(36)46)40-24-3-5-26(6-4-24)44-11-8-27(9-12-44)45-15-13-43(2)14-16-45/h3-7,10,20,22-23,25,27,31,40,46H,1,8-9,11-19,35-36H2,2H3,(H,41,42)(H,37,38,39)/b34-29-. The van der Waals surface area contributed by atoms with Gasteiger partial charge in [-0.25, -0.2) is 9.97 Å². The Labute approximate surface area is 270 Å². The molecule has 2 aliphatic carbocycles. The zero-order valence-corrected chi connectivity index (χ0v) is 26.7. The Morgan fingerprint density at radius 1 is 1.02 bits per heavy atom. The van der Waals surface area contributed by atoms with Crippen molar-refractivity contribution in [3.05, 3.63) is 66.6 Å². The molecule has 0 amide bonds. The molecule has 7 rings (SSSR count). The van der Waals surface area contributed by atoms with Crippen LogP contribution in [0.1, 0.15) is 37.8 Å². The van der Waals surface area contributed by atoms with E-state index in [4.69, 9.17) is 16.5 Å². The molecule has 4 aliphatic rings. The van der Waals surface area contributed by atoms with E-state index in [0.717, 1.165) is 67.6 Å². The molecule has 3 unspecified atom stereocenters. The minimum Gasteiger partial charge on any atom is -0.396 e. The number of nitrogens with two attached hydrogens (primary N) is 2. The van der Waals surface area contributed by atoms with Crippen LogP contribution in [0.2, 0.25) is 0 Å². The lowest BCUT2D eigenvalue weighted by atomic mass is 10.0. The van der Waals surface area contributed by atoms with E-state index in [0.29, 0.717) is 29.0 Å². The molecule has 2 aromatic heterocycles. The van der Waals surface area contributed by atoms with Gasteiger partial charge in [0, 0.05) is 73.8 Å². The number of rotatable bonds is 9. The predicted molar refractivity (Wildman–Crippen MR) is 184 cm³/mol. The van der Waals surface area contributed by atoms with Gasteiger partial charge in [0.05, 0.1) is 17.4 Å². The highest BCUT2D eigenvalue weighted by molar-refractivity contribution is 6.24. The van der Waals surface area contributed by atoms with Gasteiger partial charge in [-0.05, 0) is 81.3 Å². The van der Waals surface area contributed by atoms with Crippen LogP contribution >= 0.6 is 0 Å². The minimum absolute atomic E-state index is 0.0688. The number of hydrogen-bond acceptors (Lipinski definition) is 10. The molecular formula is C34H47N11O. The number of H-pyrrole nitrogens is 1. The summed E-state index contributed by atoms with van der Waals surface area (Å²) in [6, 6.07) is 11.1. The summed E-state index contributed by atoms with van der Waals surface area (Å²) in [5.41, 5.74) is 16.4. The number of piperazine rings is 1. The lowest BCUT2D eigenvalue weighted by Gasteiger charge is -2.42. The highest BCUT2D eigenvalue weighted by Crippen LogP contribution is 2.52. The number of piperidine rings is 1. The fourth-order valence-electron chi connectivity index (χ4n) is 7.40. The van der Waals surface area contributed by atoms with Crippen LogP contribution in [-0.2, 0) is 0 Å². The highest BCUT2D eigenvalue weighted by atomic mass is 16.3. The predicted octanol–water partition coefficient (Wildman–Crippen LogP) is 2.49. The highest BCUT2D eigenvalue weighted by Gasteiger charge is 2.46. The Morgan fingerprint density at radius 3 is 2.43 bits per heavy atom. The van der Waals surface area contributed by atoms with Gasteiger partial charge in [-0.2, -0.15) is 0 Å². The van der Waals surface area contributed by atoms with Crippen LogP contribution in [0.15, 0.2) is 65.9 Å². The number of aliphatic hydroxyl groups is 1. The van der Waals surface area contributed by atoms with Gasteiger partial charge in [0.1, 0.15) is 29.9 Å². The average Bonchev–Trinajstić information content (AvgIpc) is 3.42. The number of amidine groups is 1. The molecule has 0 bridgehead atoms. The van der Waals surface area contributed by atoms with Crippen LogP contribution in [0, 0.1) is 11.8 Å². The van der Waals surface area contributed by atoms with E-state index < -0.39 is 6.23 Å². The molecule has 12 nitrogen and oxygen atoms in total. The molecule has 8 N–H and O–H groups in total. The first kappa shape index (κ1) is 30.7. The third-order valence-corrected chi connectivity index (χ3v) is 10.3. The minimum atomic E-state index is -1.38. The molecule has 4 fully saturated rings. The number of likely N-dealkylation sites (N-methyl/N-ethyl adjacent to an activating group) is 1. The van der Waals surface area contributed by atoms with Gasteiger partial charge >= 0.3 is 0 Å². The topological polar surface area (TPSA) is 160 Å². The Hall–Kier alpha value is -3.97. The van der Waals surface area contributed by atoms with Crippen LogP contribution in [0.25, 0.3) is 16.6 Å². The van der Waals surface area contributed by atoms with E-state index in [1.165, 1.54) is 44.4 Å². The SMILES string of the molecule is C=C(C(=NC1CC2CC2C1)N/C(Nc1ccc(N2CCC(N3CCN(C)CC3)CC2)cc1)=C(\N)C(N)O)c1ncnc2[nH]ccc12. The lowest BCUT2D eigenvalue weighted by Crippen LogP contribution is -2.52. The van der Waals surface area contributed by atoms with Gasteiger partial charge in [-0.15, -0.1) is 0 Å². The van der Waals surface area contributed by atoms with Crippen LogP contribution in [0.4, 0.5) is 11.4 Å². The van der Waals surface area contributed by atoms with Crippen molar-refractivity contribution in [2.45, 2.75) is 50.4 Å². The van der Waals surface area contributed by atoms with E-state index in [-0.39, 0.29) is 11.7 Å². The summed E-state index contributed by atoms with van der Waals surface area (Å²) in [6.45, 7) is 11.2. The number of hydrogen-bond donors (Lipinski definition) is 6. The van der Waals surface area contributed by atoms with Crippen molar-refractivity contribution in [1.29, 1.82) is 0 Å². The zero-order chi connectivity index (χ0) is 31.8. The summed E-state index contributed by atoms with van der Waals surface area (Å²) >= 11 is 0. The Balaban J connectivity index is 1.07. The smallest absolute Gasteiger partial charge is 0.146 e. The number of aromatic amines is 1. The van der Waals surface area contributed by atoms with Gasteiger partial charge in [0.15, 0.2) is 0 Å². The molecule has 244 valence electrons. The monoisotopic (exact) mass is 625 g/mol. The fourth-order valence-corrected chi connectivity index (χ4v) is 7.40. The van der Waals surface area contributed by atoms with Crippen LogP contribution in [-0.4, -0.2) is 100 Å². The molecule has 0 spiro atoms. The first-order valence-electron chi connectivity index (χ1n) is 16.6. The molecule has 4 heterocycles. The molecule has 3 aromatic rings. The molecule has 0 radical (unpaired) electrons. The molecule has 46 heavy (non-hydrogen) atoms. The van der Waals surface area contributed by atoms with E-state index in [9.17, 15) is 5.11 Å². The zero-order valence-electron chi connectivity index (χ0n) is 26.7. The summed E-state index contributed by atoms with van der Waals surface area (Å²) in [4.78, 5) is 24.7. The number of anilines is 2. The fraction of sp³-hybridized carbons (Fsp3) is 0.500. The van der Waals surface area contributed by atoms with E-state index in [1.54, 1.807) is 0 Å². The number of aromatic nitrogens is 3. The Morgan fingerprint density at radius 2 is 1.74 bits per heavy atom. The summed E-state index contributed by atoms with van der Waals surface area (Å²) in [6.07, 6.45) is 7.76. The van der Waals surface area contributed by atoms with E-state index in [2.05, 4.69) is 66.0 Å². The number of benzene rings is 1. The molecule has 12 heteroatoms. The van der Waals surface area contributed by atoms with E-state index in [1.807, 2.05) is 24.4 Å². The van der Waals surface area contributed by atoms with Gasteiger partial charge in [-0.1, -0.05) is 6.58 Å². The summed E-state index contributed by atoms with van der Waals surface area (Å²) in [5, 5.41) is 17.9. The van der Waals surface area contributed by atoms with Crippen molar-refractivity contribution in [2.75, 3.05) is 56.5 Å². The summed E-state index contributed by atoms with van der Waals surface area (Å²) in [5.74, 6) is 2.43. The molecule has 2 aliphatic heterocycles. The van der Waals surface area contributed by atoms with Gasteiger partial charge in [0.25, 0.3) is 0 Å².